The Bertz CT molecular complexity index is 484. The smallest absolute Gasteiger partial charge is 0.257 e. The van der Waals surface area contributed by atoms with E-state index in [-0.39, 0.29) is 11.5 Å². The molecule has 0 saturated heterocycles. The minimum absolute atomic E-state index is 0.0467. The van der Waals surface area contributed by atoms with Crippen molar-refractivity contribution in [2.75, 3.05) is 13.1 Å². The third kappa shape index (κ3) is 2.67. The second-order valence-corrected chi connectivity index (χ2v) is 4.61. The number of carbonyl (C=O) groups excluding carboxylic acids is 1. The lowest BCUT2D eigenvalue weighted by Gasteiger charge is -2.25. The maximum Gasteiger partial charge on any atom is 0.257 e. The Morgan fingerprint density at radius 2 is 2.24 bits per heavy atom. The number of hydrogen-bond acceptors (Lipinski definition) is 1. The topological polar surface area (TPSA) is 20.3 Å². The number of nitrogens with zero attached hydrogens (tertiary/aromatic N) is 1. The van der Waals surface area contributed by atoms with Crippen LogP contribution in [0.2, 0.25) is 5.02 Å². The molecule has 0 atom stereocenters. The Hall–Kier alpha value is -1.35. The summed E-state index contributed by atoms with van der Waals surface area (Å²) in [7, 11) is 0. The molecule has 0 radical (unpaired) electrons. The Balaban J connectivity index is 2.23. The predicted molar refractivity (Wildman–Crippen MR) is 65.7 cm³/mol. The molecule has 1 amide bonds. The van der Waals surface area contributed by atoms with Crippen LogP contribution in [0.5, 0.6) is 0 Å². The lowest BCUT2D eigenvalue weighted by molar-refractivity contribution is 0.0764. The van der Waals surface area contributed by atoms with Gasteiger partial charge in [0.05, 0.1) is 5.56 Å². The number of amides is 1. The van der Waals surface area contributed by atoms with Gasteiger partial charge in [-0.3, -0.25) is 4.79 Å². The minimum atomic E-state index is -0.523. The van der Waals surface area contributed by atoms with Crippen molar-refractivity contribution in [3.63, 3.8) is 0 Å². The normalized spacial score (nSPS) is 15.7. The van der Waals surface area contributed by atoms with Crippen LogP contribution in [0.15, 0.2) is 29.8 Å². The second-order valence-electron chi connectivity index (χ2n) is 4.18. The van der Waals surface area contributed by atoms with Gasteiger partial charge in [0.15, 0.2) is 0 Å². The maximum atomic E-state index is 13.5. The van der Waals surface area contributed by atoms with Gasteiger partial charge >= 0.3 is 0 Å². The van der Waals surface area contributed by atoms with Gasteiger partial charge in [-0.05, 0) is 31.5 Å². The van der Waals surface area contributed by atoms with Crippen molar-refractivity contribution in [3.8, 4) is 0 Å². The highest BCUT2D eigenvalue weighted by Crippen LogP contribution is 2.19. The van der Waals surface area contributed by atoms with E-state index >= 15 is 0 Å². The average Bonchev–Trinajstić information content (AvgIpc) is 2.32. The predicted octanol–water partition coefficient (Wildman–Crippen LogP) is 3.27. The molecule has 0 fully saturated rings. The van der Waals surface area contributed by atoms with Crippen LogP contribution in [-0.4, -0.2) is 23.9 Å². The molecule has 2 rings (SSSR count). The number of rotatable bonds is 1. The molecule has 1 aromatic carbocycles. The van der Waals surface area contributed by atoms with Crippen molar-refractivity contribution >= 4 is 17.5 Å². The number of carbonyl (C=O) groups is 1. The van der Waals surface area contributed by atoms with Crippen LogP contribution < -0.4 is 0 Å². The van der Waals surface area contributed by atoms with Crippen molar-refractivity contribution in [1.82, 2.24) is 4.90 Å². The van der Waals surface area contributed by atoms with Crippen LogP contribution in [0.25, 0.3) is 0 Å². The zero-order valence-corrected chi connectivity index (χ0v) is 10.3. The van der Waals surface area contributed by atoms with Crippen LogP contribution in [0.1, 0.15) is 23.7 Å². The van der Waals surface area contributed by atoms with Crippen LogP contribution in [0.3, 0.4) is 0 Å². The third-order valence-corrected chi connectivity index (χ3v) is 3.12. The highest BCUT2D eigenvalue weighted by molar-refractivity contribution is 6.31. The molecule has 1 aliphatic heterocycles. The van der Waals surface area contributed by atoms with Crippen LogP contribution in [0, 0.1) is 5.82 Å². The fourth-order valence-electron chi connectivity index (χ4n) is 1.79. The van der Waals surface area contributed by atoms with Crippen LogP contribution >= 0.6 is 11.6 Å². The molecule has 0 saturated carbocycles. The molecule has 0 N–H and O–H groups in total. The van der Waals surface area contributed by atoms with Gasteiger partial charge < -0.3 is 4.90 Å². The van der Waals surface area contributed by atoms with Crippen molar-refractivity contribution < 1.29 is 9.18 Å². The number of benzene rings is 1. The molecular weight excluding hydrogens is 241 g/mol. The summed E-state index contributed by atoms with van der Waals surface area (Å²) in [4.78, 5) is 13.7. The van der Waals surface area contributed by atoms with Gasteiger partial charge in [0.1, 0.15) is 5.82 Å². The number of hydrogen-bond donors (Lipinski definition) is 0. The van der Waals surface area contributed by atoms with E-state index < -0.39 is 5.82 Å². The zero-order chi connectivity index (χ0) is 12.4. The molecule has 1 aliphatic rings. The Morgan fingerprint density at radius 1 is 1.47 bits per heavy atom. The Kier molecular flexibility index (Phi) is 3.48. The first-order valence-corrected chi connectivity index (χ1v) is 5.85. The largest absolute Gasteiger partial charge is 0.335 e. The highest BCUT2D eigenvalue weighted by Gasteiger charge is 2.20. The molecule has 2 nitrogen and oxygen atoms in total. The second kappa shape index (κ2) is 4.88. The van der Waals surface area contributed by atoms with E-state index in [1.165, 1.54) is 23.8 Å². The van der Waals surface area contributed by atoms with E-state index in [1.54, 1.807) is 4.90 Å². The van der Waals surface area contributed by atoms with Crippen molar-refractivity contribution in [2.24, 2.45) is 0 Å². The first-order valence-electron chi connectivity index (χ1n) is 5.48. The van der Waals surface area contributed by atoms with Gasteiger partial charge in [0, 0.05) is 18.1 Å². The molecule has 0 aliphatic carbocycles. The van der Waals surface area contributed by atoms with Gasteiger partial charge in [0.25, 0.3) is 5.91 Å². The minimum Gasteiger partial charge on any atom is -0.335 e. The summed E-state index contributed by atoms with van der Waals surface area (Å²) in [5.41, 5.74) is 1.31. The van der Waals surface area contributed by atoms with Crippen molar-refractivity contribution in [2.45, 2.75) is 13.3 Å². The monoisotopic (exact) mass is 253 g/mol. The summed E-state index contributed by atoms with van der Waals surface area (Å²) < 4.78 is 13.5. The van der Waals surface area contributed by atoms with E-state index in [0.29, 0.717) is 18.1 Å². The summed E-state index contributed by atoms with van der Waals surface area (Å²) >= 11 is 5.77. The fraction of sp³-hybridized carbons (Fsp3) is 0.308. The average molecular weight is 254 g/mol. The molecule has 90 valence electrons. The van der Waals surface area contributed by atoms with Gasteiger partial charge in [-0.1, -0.05) is 23.3 Å². The molecular formula is C13H13ClFNO. The van der Waals surface area contributed by atoms with Crippen molar-refractivity contribution in [3.05, 3.63) is 46.3 Å². The van der Waals surface area contributed by atoms with Gasteiger partial charge in [-0.15, -0.1) is 0 Å². The molecule has 0 aromatic heterocycles. The summed E-state index contributed by atoms with van der Waals surface area (Å²) in [6.45, 7) is 3.20. The van der Waals surface area contributed by atoms with Crippen LogP contribution in [0.4, 0.5) is 4.39 Å². The van der Waals surface area contributed by atoms with E-state index in [0.717, 1.165) is 6.42 Å². The van der Waals surface area contributed by atoms with Crippen LogP contribution in [-0.2, 0) is 0 Å². The Labute approximate surface area is 105 Å². The summed E-state index contributed by atoms with van der Waals surface area (Å²) in [5, 5.41) is 0.374. The SMILES string of the molecule is CC1=CCN(C(=O)c2cc(Cl)ccc2F)CC1. The summed E-state index contributed by atoms with van der Waals surface area (Å²) in [6, 6.07) is 4.04. The quantitative estimate of drug-likeness (QED) is 0.704. The maximum absolute atomic E-state index is 13.5. The lowest BCUT2D eigenvalue weighted by atomic mass is 10.1. The standard InChI is InChI=1S/C13H13ClFNO/c1-9-4-6-16(7-5-9)13(17)11-8-10(14)2-3-12(11)15/h2-4,8H,5-7H2,1H3. The van der Waals surface area contributed by atoms with Crippen molar-refractivity contribution in [1.29, 1.82) is 0 Å². The van der Waals surface area contributed by atoms with E-state index in [4.69, 9.17) is 11.6 Å². The molecule has 0 bridgehead atoms. The highest BCUT2D eigenvalue weighted by atomic mass is 35.5. The van der Waals surface area contributed by atoms with E-state index in [2.05, 4.69) is 0 Å². The van der Waals surface area contributed by atoms with E-state index in [1.807, 2.05) is 13.0 Å². The first kappa shape index (κ1) is 12.1. The van der Waals surface area contributed by atoms with Gasteiger partial charge in [-0.25, -0.2) is 4.39 Å². The lowest BCUT2D eigenvalue weighted by Crippen LogP contribution is -2.35. The summed E-state index contributed by atoms with van der Waals surface area (Å²) in [5.74, 6) is -0.820. The first-order chi connectivity index (χ1) is 8.08. The molecule has 17 heavy (non-hydrogen) atoms. The molecule has 1 aromatic rings. The van der Waals surface area contributed by atoms with Gasteiger partial charge in [-0.2, -0.15) is 0 Å². The molecule has 0 spiro atoms. The molecule has 0 unspecified atom stereocenters. The Morgan fingerprint density at radius 3 is 2.88 bits per heavy atom. The van der Waals surface area contributed by atoms with Gasteiger partial charge in [0.2, 0.25) is 0 Å². The molecule has 1 heterocycles. The zero-order valence-electron chi connectivity index (χ0n) is 9.54. The summed E-state index contributed by atoms with van der Waals surface area (Å²) in [6.07, 6.45) is 2.83. The van der Waals surface area contributed by atoms with E-state index in [9.17, 15) is 9.18 Å². The fourth-order valence-corrected chi connectivity index (χ4v) is 1.96. The third-order valence-electron chi connectivity index (χ3n) is 2.88. The number of halogens is 2. The molecule has 4 heteroatoms.